The summed E-state index contributed by atoms with van der Waals surface area (Å²) in [7, 11) is 0. The van der Waals surface area contributed by atoms with Gasteiger partial charge in [-0.25, -0.2) is 0 Å². The Bertz CT molecular complexity index is 1020. The second-order valence-corrected chi connectivity index (χ2v) is 7.46. The van der Waals surface area contributed by atoms with Crippen LogP contribution >= 0.6 is 0 Å². The highest BCUT2D eigenvalue weighted by Crippen LogP contribution is 2.35. The molecular formula is C22H25N5O2. The molecule has 1 aliphatic heterocycles. The summed E-state index contributed by atoms with van der Waals surface area (Å²) in [6.07, 6.45) is 3.40. The fourth-order valence-corrected chi connectivity index (χ4v) is 3.87. The highest BCUT2D eigenvalue weighted by atomic mass is 16.5. The van der Waals surface area contributed by atoms with Crippen LogP contribution in [0.3, 0.4) is 0 Å². The van der Waals surface area contributed by atoms with Gasteiger partial charge in [-0.2, -0.15) is 10.5 Å². The van der Waals surface area contributed by atoms with Crippen molar-refractivity contribution in [3.63, 3.8) is 0 Å². The van der Waals surface area contributed by atoms with E-state index in [2.05, 4.69) is 16.8 Å². The van der Waals surface area contributed by atoms with Crippen LogP contribution in [0.2, 0.25) is 0 Å². The molecule has 1 atom stereocenters. The van der Waals surface area contributed by atoms with E-state index in [1.165, 1.54) is 12.8 Å². The van der Waals surface area contributed by atoms with Crippen LogP contribution in [-0.4, -0.2) is 36.1 Å². The molecule has 29 heavy (non-hydrogen) atoms. The number of nitrogens with two attached hydrogens (primary N) is 1. The molecule has 1 aliphatic rings. The molecule has 7 heteroatoms. The number of nitriles is 2. The number of ether oxygens (including phenoxy) is 1. The van der Waals surface area contributed by atoms with Gasteiger partial charge in [0.2, 0.25) is 0 Å². The number of para-hydroxylation sites is 1. The highest BCUT2D eigenvalue weighted by molar-refractivity contribution is 5.83. The molecule has 1 aromatic heterocycles. The number of nitrogens with one attached hydrogen (secondary N) is 1. The molecule has 0 saturated carbocycles. The average Bonchev–Trinajstić information content (AvgIpc) is 2.71. The van der Waals surface area contributed by atoms with Crippen LogP contribution in [0.5, 0.6) is 5.75 Å². The van der Waals surface area contributed by atoms with Gasteiger partial charge in [0.1, 0.15) is 34.8 Å². The summed E-state index contributed by atoms with van der Waals surface area (Å²) < 4.78 is 5.99. The molecule has 0 amide bonds. The van der Waals surface area contributed by atoms with Crippen molar-refractivity contribution in [1.29, 1.82) is 10.5 Å². The lowest BCUT2D eigenvalue weighted by Crippen LogP contribution is -2.35. The van der Waals surface area contributed by atoms with Gasteiger partial charge in [-0.1, -0.05) is 25.1 Å². The number of aromatic nitrogens is 1. The van der Waals surface area contributed by atoms with Gasteiger partial charge >= 0.3 is 0 Å². The summed E-state index contributed by atoms with van der Waals surface area (Å²) in [6.45, 7) is 6.01. The Morgan fingerprint density at radius 1 is 1.28 bits per heavy atom. The number of benzene rings is 1. The number of H-pyrrole nitrogens is 1. The van der Waals surface area contributed by atoms with Crippen LogP contribution in [-0.2, 0) is 0 Å². The average molecular weight is 391 g/mol. The van der Waals surface area contributed by atoms with Crippen molar-refractivity contribution in [1.82, 2.24) is 9.88 Å². The SMILES string of the molecule is CC1CCCN(CCCOc2ccccc2-c2c(C#N)c(N)[nH]c(=O)c2C#N)C1. The monoisotopic (exact) mass is 391 g/mol. The number of likely N-dealkylation sites (tertiary alicyclic amines) is 1. The first-order valence-corrected chi connectivity index (χ1v) is 9.85. The molecule has 1 saturated heterocycles. The van der Waals surface area contributed by atoms with E-state index in [1.807, 2.05) is 18.2 Å². The zero-order valence-corrected chi connectivity index (χ0v) is 16.6. The number of hydrogen-bond acceptors (Lipinski definition) is 6. The largest absolute Gasteiger partial charge is 0.493 e. The number of anilines is 1. The Hall–Kier alpha value is -3.29. The number of nitrogen functional groups attached to an aromatic ring is 1. The molecule has 1 aromatic carbocycles. The van der Waals surface area contributed by atoms with Crippen LogP contribution in [0.1, 0.15) is 37.3 Å². The fourth-order valence-electron chi connectivity index (χ4n) is 3.87. The Labute approximate surface area is 170 Å². The van der Waals surface area contributed by atoms with E-state index >= 15 is 0 Å². The van der Waals surface area contributed by atoms with Crippen LogP contribution in [0.15, 0.2) is 29.1 Å². The highest BCUT2D eigenvalue weighted by Gasteiger charge is 2.21. The first-order chi connectivity index (χ1) is 14.0. The number of hydrogen-bond donors (Lipinski definition) is 2. The van der Waals surface area contributed by atoms with E-state index in [1.54, 1.807) is 18.2 Å². The van der Waals surface area contributed by atoms with E-state index in [4.69, 9.17) is 10.5 Å². The van der Waals surface area contributed by atoms with Crippen LogP contribution in [0.25, 0.3) is 11.1 Å². The summed E-state index contributed by atoms with van der Waals surface area (Å²) in [4.78, 5) is 17.0. The zero-order chi connectivity index (χ0) is 20.8. The molecule has 1 fully saturated rings. The predicted molar refractivity (Wildman–Crippen MR) is 111 cm³/mol. The molecule has 0 radical (unpaired) electrons. The van der Waals surface area contributed by atoms with E-state index in [-0.39, 0.29) is 22.5 Å². The molecule has 1 unspecified atom stereocenters. The van der Waals surface area contributed by atoms with Crippen molar-refractivity contribution in [3.05, 3.63) is 45.7 Å². The summed E-state index contributed by atoms with van der Waals surface area (Å²) in [5.74, 6) is 1.21. The Morgan fingerprint density at radius 3 is 2.76 bits per heavy atom. The van der Waals surface area contributed by atoms with E-state index in [0.717, 1.165) is 32.0 Å². The van der Waals surface area contributed by atoms with Crippen molar-refractivity contribution >= 4 is 5.82 Å². The lowest BCUT2D eigenvalue weighted by molar-refractivity contribution is 0.170. The van der Waals surface area contributed by atoms with Gasteiger partial charge in [-0.05, 0) is 37.8 Å². The second kappa shape index (κ2) is 9.27. The van der Waals surface area contributed by atoms with Gasteiger partial charge in [0.05, 0.1) is 6.61 Å². The van der Waals surface area contributed by atoms with Crippen molar-refractivity contribution in [2.75, 3.05) is 32.0 Å². The van der Waals surface area contributed by atoms with Crippen molar-refractivity contribution in [3.8, 4) is 29.0 Å². The molecule has 0 bridgehead atoms. The molecule has 2 aromatic rings. The minimum atomic E-state index is -0.618. The summed E-state index contributed by atoms with van der Waals surface area (Å²) in [5, 5.41) is 19.0. The zero-order valence-electron chi connectivity index (χ0n) is 16.6. The van der Waals surface area contributed by atoms with Crippen molar-refractivity contribution in [2.24, 2.45) is 5.92 Å². The third-order valence-corrected chi connectivity index (χ3v) is 5.24. The van der Waals surface area contributed by atoms with Crippen molar-refractivity contribution < 1.29 is 4.74 Å². The maximum Gasteiger partial charge on any atom is 0.268 e. The van der Waals surface area contributed by atoms with Gasteiger partial charge < -0.3 is 20.4 Å². The van der Waals surface area contributed by atoms with Crippen molar-refractivity contribution in [2.45, 2.75) is 26.2 Å². The standard InChI is InChI=1S/C22H25N5O2/c1-15-6-4-9-27(14-15)10-5-11-29-19-8-3-2-7-16(19)20-17(12-23)21(25)26-22(28)18(20)13-24/h2-3,7-8,15H,4-6,9-11,14H2,1H3,(H3,25,26,28). The van der Waals surface area contributed by atoms with E-state index in [9.17, 15) is 15.3 Å². The Kier molecular flexibility index (Phi) is 6.54. The summed E-state index contributed by atoms with van der Waals surface area (Å²) >= 11 is 0. The van der Waals surface area contributed by atoms with Crippen LogP contribution < -0.4 is 16.0 Å². The molecule has 150 valence electrons. The molecular weight excluding hydrogens is 366 g/mol. The maximum atomic E-state index is 12.2. The Morgan fingerprint density at radius 2 is 2.03 bits per heavy atom. The summed E-state index contributed by atoms with van der Waals surface area (Å²) in [6, 6.07) is 11.0. The molecule has 0 aliphatic carbocycles. The smallest absolute Gasteiger partial charge is 0.268 e. The van der Waals surface area contributed by atoms with Gasteiger partial charge in [0.15, 0.2) is 0 Å². The molecule has 0 spiro atoms. The topological polar surface area (TPSA) is 119 Å². The fraction of sp³-hybridized carbons (Fsp3) is 0.409. The number of aromatic amines is 1. The lowest BCUT2D eigenvalue weighted by atomic mass is 9.96. The molecule has 7 nitrogen and oxygen atoms in total. The predicted octanol–water partition coefficient (Wildman–Crippen LogP) is 2.87. The van der Waals surface area contributed by atoms with Gasteiger partial charge in [0.25, 0.3) is 5.56 Å². The third kappa shape index (κ3) is 4.59. The molecule has 3 rings (SSSR count). The number of nitrogens with zero attached hydrogens (tertiary/aromatic N) is 3. The minimum absolute atomic E-state index is 0.0551. The minimum Gasteiger partial charge on any atom is -0.493 e. The Balaban J connectivity index is 1.81. The normalized spacial score (nSPS) is 16.7. The third-order valence-electron chi connectivity index (χ3n) is 5.24. The van der Waals surface area contributed by atoms with E-state index in [0.29, 0.717) is 17.9 Å². The van der Waals surface area contributed by atoms with Gasteiger partial charge in [-0.15, -0.1) is 0 Å². The molecule has 3 N–H and O–H groups in total. The maximum absolute atomic E-state index is 12.2. The van der Waals surface area contributed by atoms with Gasteiger partial charge in [0, 0.05) is 24.2 Å². The first-order valence-electron chi connectivity index (χ1n) is 9.85. The van der Waals surface area contributed by atoms with Gasteiger partial charge in [-0.3, -0.25) is 4.79 Å². The lowest BCUT2D eigenvalue weighted by Gasteiger charge is -2.30. The first kappa shape index (κ1) is 20.4. The number of rotatable bonds is 6. The van der Waals surface area contributed by atoms with Crippen LogP contribution in [0, 0.1) is 28.6 Å². The quantitative estimate of drug-likeness (QED) is 0.731. The van der Waals surface area contributed by atoms with Crippen LogP contribution in [0.4, 0.5) is 5.82 Å². The van der Waals surface area contributed by atoms with E-state index < -0.39 is 5.56 Å². The molecule has 2 heterocycles. The number of pyridine rings is 1. The second-order valence-electron chi connectivity index (χ2n) is 7.46. The summed E-state index contributed by atoms with van der Waals surface area (Å²) in [5.41, 5.74) is 5.87. The number of piperidine rings is 1.